The summed E-state index contributed by atoms with van der Waals surface area (Å²) in [6, 6.07) is 11.0. The molecule has 1 aliphatic heterocycles. The second-order valence-electron chi connectivity index (χ2n) is 6.83. The van der Waals surface area contributed by atoms with Crippen molar-refractivity contribution in [2.24, 2.45) is 0 Å². The highest BCUT2D eigenvalue weighted by Crippen LogP contribution is 2.27. The lowest BCUT2D eigenvalue weighted by molar-refractivity contribution is 0.272. The Morgan fingerprint density at radius 1 is 0.862 bits per heavy atom. The molecular formula is C19H20ClN3O4S2. The average Bonchev–Trinajstić information content (AvgIpc) is 2.67. The van der Waals surface area contributed by atoms with E-state index in [4.69, 9.17) is 11.6 Å². The van der Waals surface area contributed by atoms with Gasteiger partial charge in [0.2, 0.25) is 20.0 Å². The first kappa shape index (κ1) is 21.7. The van der Waals surface area contributed by atoms with Crippen LogP contribution in [0.1, 0.15) is 16.7 Å². The van der Waals surface area contributed by atoms with Crippen molar-refractivity contribution in [2.45, 2.75) is 23.6 Å². The van der Waals surface area contributed by atoms with Gasteiger partial charge in [-0.25, -0.2) is 16.8 Å². The minimum Gasteiger partial charge on any atom is -0.207 e. The number of hydrogen-bond acceptors (Lipinski definition) is 5. The molecule has 3 rings (SSSR count). The van der Waals surface area contributed by atoms with Gasteiger partial charge in [-0.15, -0.1) is 0 Å². The van der Waals surface area contributed by atoms with Gasteiger partial charge in [-0.1, -0.05) is 29.3 Å². The van der Waals surface area contributed by atoms with E-state index in [1.165, 1.54) is 26.8 Å². The third kappa shape index (κ3) is 4.17. The van der Waals surface area contributed by atoms with Crippen molar-refractivity contribution in [3.63, 3.8) is 0 Å². The number of sulfonamides is 2. The smallest absolute Gasteiger partial charge is 0.207 e. The Kier molecular flexibility index (Phi) is 6.03. The molecule has 0 bridgehead atoms. The van der Waals surface area contributed by atoms with Gasteiger partial charge >= 0.3 is 0 Å². The van der Waals surface area contributed by atoms with Crippen LogP contribution in [0.4, 0.5) is 0 Å². The summed E-state index contributed by atoms with van der Waals surface area (Å²) in [5.74, 6) is 0. The maximum absolute atomic E-state index is 13.0. The molecule has 29 heavy (non-hydrogen) atoms. The van der Waals surface area contributed by atoms with E-state index in [0.29, 0.717) is 5.56 Å². The van der Waals surface area contributed by atoms with Crippen molar-refractivity contribution in [3.8, 4) is 6.07 Å². The number of benzene rings is 2. The molecule has 2 aromatic carbocycles. The van der Waals surface area contributed by atoms with Crippen molar-refractivity contribution in [1.82, 2.24) is 8.61 Å². The van der Waals surface area contributed by atoms with Crippen molar-refractivity contribution in [3.05, 3.63) is 58.1 Å². The zero-order valence-corrected chi connectivity index (χ0v) is 18.4. The van der Waals surface area contributed by atoms with Gasteiger partial charge in [-0.3, -0.25) is 0 Å². The Balaban J connectivity index is 1.83. The number of piperazine rings is 1. The quantitative estimate of drug-likeness (QED) is 0.708. The second-order valence-corrected chi connectivity index (χ2v) is 11.1. The topological polar surface area (TPSA) is 98.6 Å². The first-order valence-electron chi connectivity index (χ1n) is 8.84. The van der Waals surface area contributed by atoms with Crippen LogP contribution in [-0.2, 0) is 20.0 Å². The first-order chi connectivity index (χ1) is 13.6. The van der Waals surface area contributed by atoms with Crippen molar-refractivity contribution in [2.75, 3.05) is 26.2 Å². The standard InChI is InChI=1S/C19H20ClN3O4S2/c1-14-3-6-18(15(2)11-14)28(24,25)22-7-9-23(10-8-22)29(26,27)19-12-17(20)5-4-16(19)13-21/h3-6,11-12H,7-10H2,1-2H3. The maximum Gasteiger partial charge on any atom is 0.244 e. The van der Waals surface area contributed by atoms with Crippen LogP contribution >= 0.6 is 11.6 Å². The minimum atomic E-state index is -3.97. The third-order valence-electron chi connectivity index (χ3n) is 4.83. The Labute approximate surface area is 176 Å². The molecule has 0 aliphatic carbocycles. The fraction of sp³-hybridized carbons (Fsp3) is 0.316. The van der Waals surface area contributed by atoms with Gasteiger partial charge in [0.15, 0.2) is 0 Å². The molecule has 10 heteroatoms. The van der Waals surface area contributed by atoms with E-state index >= 15 is 0 Å². The second kappa shape index (κ2) is 8.05. The fourth-order valence-corrected chi connectivity index (χ4v) is 6.77. The van der Waals surface area contributed by atoms with Crippen LogP contribution in [0.2, 0.25) is 5.02 Å². The van der Waals surface area contributed by atoms with Crippen LogP contribution in [-0.4, -0.2) is 51.6 Å². The normalized spacial score (nSPS) is 16.5. The van der Waals surface area contributed by atoms with E-state index in [9.17, 15) is 22.1 Å². The zero-order chi connectivity index (χ0) is 21.4. The van der Waals surface area contributed by atoms with E-state index in [0.717, 1.165) is 5.56 Å². The number of nitriles is 1. The monoisotopic (exact) mass is 453 g/mol. The molecule has 0 atom stereocenters. The number of halogens is 1. The molecule has 0 radical (unpaired) electrons. The van der Waals surface area contributed by atoms with Crippen molar-refractivity contribution in [1.29, 1.82) is 5.26 Å². The number of rotatable bonds is 4. The molecule has 0 N–H and O–H groups in total. The molecule has 1 fully saturated rings. The molecule has 154 valence electrons. The molecular weight excluding hydrogens is 434 g/mol. The van der Waals surface area contributed by atoms with Crippen LogP contribution in [0, 0.1) is 25.2 Å². The largest absolute Gasteiger partial charge is 0.244 e. The molecule has 2 aromatic rings. The summed E-state index contributed by atoms with van der Waals surface area (Å²) in [6.45, 7) is 3.66. The summed E-state index contributed by atoms with van der Waals surface area (Å²) < 4.78 is 54.4. The highest BCUT2D eigenvalue weighted by Gasteiger charge is 2.35. The van der Waals surface area contributed by atoms with Gasteiger partial charge in [0.05, 0.1) is 10.5 Å². The van der Waals surface area contributed by atoms with E-state index in [2.05, 4.69) is 0 Å². The Morgan fingerprint density at radius 2 is 1.41 bits per heavy atom. The van der Waals surface area contributed by atoms with Crippen LogP contribution in [0.25, 0.3) is 0 Å². The molecule has 0 unspecified atom stereocenters. The van der Waals surface area contributed by atoms with Gasteiger partial charge in [0, 0.05) is 31.2 Å². The molecule has 0 spiro atoms. The first-order valence-corrected chi connectivity index (χ1v) is 12.1. The van der Waals surface area contributed by atoms with Crippen LogP contribution in [0.15, 0.2) is 46.2 Å². The Morgan fingerprint density at radius 3 is 1.93 bits per heavy atom. The summed E-state index contributed by atoms with van der Waals surface area (Å²) in [7, 11) is -7.69. The van der Waals surface area contributed by atoms with Crippen LogP contribution < -0.4 is 0 Å². The summed E-state index contributed by atoms with van der Waals surface area (Å²) in [6.07, 6.45) is 0. The minimum absolute atomic E-state index is 0.000249. The maximum atomic E-state index is 13.0. The number of aryl methyl sites for hydroxylation is 2. The fourth-order valence-electron chi connectivity index (χ4n) is 3.32. The van der Waals surface area contributed by atoms with Gasteiger partial charge in [0.25, 0.3) is 0 Å². The number of hydrogen-bond donors (Lipinski definition) is 0. The van der Waals surface area contributed by atoms with Gasteiger partial charge < -0.3 is 0 Å². The van der Waals surface area contributed by atoms with Crippen LogP contribution in [0.5, 0.6) is 0 Å². The lowest BCUT2D eigenvalue weighted by atomic mass is 10.2. The molecule has 0 aromatic heterocycles. The summed E-state index contributed by atoms with van der Waals surface area (Å²) in [5, 5.41) is 9.43. The predicted molar refractivity (Wildman–Crippen MR) is 110 cm³/mol. The lowest BCUT2D eigenvalue weighted by Gasteiger charge is -2.33. The average molecular weight is 454 g/mol. The molecule has 1 aliphatic rings. The van der Waals surface area contributed by atoms with Crippen molar-refractivity contribution < 1.29 is 16.8 Å². The lowest BCUT2D eigenvalue weighted by Crippen LogP contribution is -2.50. The Bertz CT molecular complexity index is 1200. The summed E-state index contributed by atoms with van der Waals surface area (Å²) in [4.78, 5) is 0.0548. The zero-order valence-electron chi connectivity index (χ0n) is 16.0. The van der Waals surface area contributed by atoms with Crippen molar-refractivity contribution >= 4 is 31.6 Å². The van der Waals surface area contributed by atoms with Gasteiger partial charge in [-0.05, 0) is 43.7 Å². The number of nitrogens with zero attached hydrogens (tertiary/aromatic N) is 3. The third-order valence-corrected chi connectivity index (χ3v) is 9.06. The molecule has 0 saturated carbocycles. The predicted octanol–water partition coefficient (Wildman–Crippen LogP) is 2.52. The summed E-state index contributed by atoms with van der Waals surface area (Å²) in [5.41, 5.74) is 1.62. The SMILES string of the molecule is Cc1ccc(S(=O)(=O)N2CCN(S(=O)(=O)c3cc(Cl)ccc3C#N)CC2)c(C)c1. The van der Waals surface area contributed by atoms with E-state index in [-0.39, 0.29) is 46.6 Å². The highest BCUT2D eigenvalue weighted by atomic mass is 35.5. The summed E-state index contributed by atoms with van der Waals surface area (Å²) >= 11 is 5.92. The van der Waals surface area contributed by atoms with Gasteiger partial charge in [-0.2, -0.15) is 13.9 Å². The van der Waals surface area contributed by atoms with Crippen LogP contribution in [0.3, 0.4) is 0 Å². The van der Waals surface area contributed by atoms with E-state index < -0.39 is 20.0 Å². The molecule has 0 amide bonds. The Hall–Kier alpha value is -1.96. The highest BCUT2D eigenvalue weighted by molar-refractivity contribution is 7.89. The van der Waals surface area contributed by atoms with E-state index in [1.54, 1.807) is 25.1 Å². The van der Waals surface area contributed by atoms with Gasteiger partial charge in [0.1, 0.15) is 11.0 Å². The molecule has 1 heterocycles. The molecule has 7 nitrogen and oxygen atoms in total. The van der Waals surface area contributed by atoms with E-state index in [1.807, 2.05) is 13.0 Å². The molecule has 1 saturated heterocycles.